The molecule has 1 atom stereocenters. The molecule has 0 aliphatic carbocycles. The highest BCUT2D eigenvalue weighted by Gasteiger charge is 2.28. The largest absolute Gasteiger partial charge is 0.324 e. The lowest BCUT2D eigenvalue weighted by atomic mass is 9.99. The number of benzene rings is 2. The van der Waals surface area contributed by atoms with Gasteiger partial charge in [-0.1, -0.05) is 35.6 Å². The molecule has 7 nitrogen and oxygen atoms in total. The molecule has 154 valence electrons. The Kier molecular flexibility index (Phi) is 5.99. The van der Waals surface area contributed by atoms with Crippen LogP contribution in [0.2, 0.25) is 0 Å². The molecule has 1 saturated heterocycles. The highest BCUT2D eigenvalue weighted by atomic mass is 32.1. The van der Waals surface area contributed by atoms with Gasteiger partial charge in [-0.05, 0) is 43.2 Å². The van der Waals surface area contributed by atoms with Crippen molar-refractivity contribution in [3.63, 3.8) is 0 Å². The first-order valence-electron chi connectivity index (χ1n) is 9.60. The average molecular weight is 425 g/mol. The molecule has 1 unspecified atom stereocenters. The third-order valence-electron chi connectivity index (χ3n) is 4.80. The summed E-state index contributed by atoms with van der Waals surface area (Å²) in [4.78, 5) is 26.7. The van der Waals surface area contributed by atoms with E-state index in [1.54, 1.807) is 11.0 Å². The van der Waals surface area contributed by atoms with Crippen molar-refractivity contribution in [1.29, 1.82) is 0 Å². The van der Waals surface area contributed by atoms with Gasteiger partial charge in [0, 0.05) is 30.4 Å². The van der Waals surface area contributed by atoms with Crippen LogP contribution in [0.5, 0.6) is 0 Å². The highest BCUT2D eigenvalue weighted by molar-refractivity contribution is 7.13. The number of rotatable bonds is 4. The molecule has 9 heteroatoms. The van der Waals surface area contributed by atoms with Gasteiger partial charge < -0.3 is 15.5 Å². The van der Waals surface area contributed by atoms with Crippen molar-refractivity contribution < 1.29 is 14.0 Å². The van der Waals surface area contributed by atoms with Crippen LogP contribution >= 0.6 is 11.3 Å². The van der Waals surface area contributed by atoms with Crippen molar-refractivity contribution in [2.24, 2.45) is 0 Å². The zero-order valence-electron chi connectivity index (χ0n) is 16.0. The number of hydrogen-bond acceptors (Lipinski definition) is 5. The summed E-state index contributed by atoms with van der Waals surface area (Å²) in [6.45, 7) is 1.18. The number of carbonyl (C=O) groups excluding carboxylic acids is 2. The summed E-state index contributed by atoms with van der Waals surface area (Å²) in [7, 11) is 0. The number of para-hydroxylation sites is 1. The zero-order chi connectivity index (χ0) is 20.9. The van der Waals surface area contributed by atoms with Crippen molar-refractivity contribution in [3.8, 4) is 0 Å². The molecule has 0 spiro atoms. The van der Waals surface area contributed by atoms with E-state index < -0.39 is 11.7 Å². The van der Waals surface area contributed by atoms with Gasteiger partial charge in [-0.25, -0.2) is 9.18 Å². The SMILES string of the molecule is O=C(Nc1cccc(F)c1)c1nnc(C2CCCN(C(=O)Nc3ccccc3)C2)s1. The molecule has 1 aliphatic heterocycles. The maximum Gasteiger partial charge on any atom is 0.321 e. The average Bonchev–Trinajstić information content (AvgIpc) is 3.25. The van der Waals surface area contributed by atoms with Crippen LogP contribution in [0, 0.1) is 5.82 Å². The second-order valence-electron chi connectivity index (χ2n) is 6.99. The summed E-state index contributed by atoms with van der Waals surface area (Å²) in [6.07, 6.45) is 1.71. The summed E-state index contributed by atoms with van der Waals surface area (Å²) < 4.78 is 13.3. The number of nitrogens with zero attached hydrogens (tertiary/aromatic N) is 3. The Labute approximate surface area is 176 Å². The minimum absolute atomic E-state index is 0.0218. The van der Waals surface area contributed by atoms with Gasteiger partial charge in [-0.2, -0.15) is 0 Å². The van der Waals surface area contributed by atoms with Crippen LogP contribution in [0.15, 0.2) is 54.6 Å². The number of piperidine rings is 1. The van der Waals surface area contributed by atoms with Gasteiger partial charge in [0.15, 0.2) is 0 Å². The molecule has 2 aromatic carbocycles. The molecule has 1 fully saturated rings. The Morgan fingerprint density at radius 2 is 1.83 bits per heavy atom. The lowest BCUT2D eigenvalue weighted by molar-refractivity contribution is 0.102. The number of aromatic nitrogens is 2. The summed E-state index contributed by atoms with van der Waals surface area (Å²) in [6, 6.07) is 14.8. The lowest BCUT2D eigenvalue weighted by Gasteiger charge is -2.31. The Hall–Kier alpha value is -3.33. The summed E-state index contributed by atoms with van der Waals surface area (Å²) in [5.74, 6) is -0.839. The van der Waals surface area contributed by atoms with Crippen molar-refractivity contribution in [3.05, 3.63) is 70.4 Å². The molecule has 0 bridgehead atoms. The number of urea groups is 1. The molecule has 4 rings (SSSR count). The first-order valence-corrected chi connectivity index (χ1v) is 10.4. The smallest absolute Gasteiger partial charge is 0.321 e. The molecule has 3 amide bonds. The normalized spacial score (nSPS) is 16.2. The monoisotopic (exact) mass is 425 g/mol. The molecule has 30 heavy (non-hydrogen) atoms. The topological polar surface area (TPSA) is 87.2 Å². The van der Waals surface area contributed by atoms with Crippen LogP contribution in [-0.4, -0.2) is 40.1 Å². The van der Waals surface area contributed by atoms with Crippen molar-refractivity contribution in [2.75, 3.05) is 23.7 Å². The van der Waals surface area contributed by atoms with E-state index in [0.717, 1.165) is 23.5 Å². The predicted molar refractivity (Wildman–Crippen MR) is 113 cm³/mol. The molecule has 1 aliphatic rings. The molecule has 0 radical (unpaired) electrons. The summed E-state index contributed by atoms with van der Waals surface area (Å²) in [5.41, 5.74) is 1.11. The minimum Gasteiger partial charge on any atom is -0.324 e. The Morgan fingerprint density at radius 1 is 1.03 bits per heavy atom. The zero-order valence-corrected chi connectivity index (χ0v) is 16.9. The van der Waals surface area contributed by atoms with Crippen molar-refractivity contribution in [2.45, 2.75) is 18.8 Å². The maximum atomic E-state index is 13.3. The van der Waals surface area contributed by atoms with Gasteiger partial charge in [-0.15, -0.1) is 10.2 Å². The van der Waals surface area contributed by atoms with Gasteiger partial charge >= 0.3 is 6.03 Å². The standard InChI is InChI=1S/C21H20FN5O2S/c22-15-7-4-10-17(12-15)23-18(28)20-26-25-19(30-20)14-6-5-11-27(13-14)21(29)24-16-8-2-1-3-9-16/h1-4,7-10,12,14H,5-6,11,13H2,(H,23,28)(H,24,29). The predicted octanol–water partition coefficient (Wildman–Crippen LogP) is 4.34. The van der Waals surface area contributed by atoms with E-state index in [-0.39, 0.29) is 17.0 Å². The number of likely N-dealkylation sites (tertiary alicyclic amines) is 1. The van der Waals surface area contributed by atoms with Crippen LogP contribution in [0.25, 0.3) is 0 Å². The van der Waals surface area contributed by atoms with E-state index in [9.17, 15) is 14.0 Å². The molecular weight excluding hydrogens is 405 g/mol. The fraction of sp³-hybridized carbons (Fsp3) is 0.238. The van der Waals surface area contributed by atoms with Gasteiger partial charge in [0.05, 0.1) is 0 Å². The molecule has 2 heterocycles. The van der Waals surface area contributed by atoms with Gasteiger partial charge in [-0.3, -0.25) is 4.79 Å². The van der Waals surface area contributed by atoms with Crippen molar-refractivity contribution >= 4 is 34.6 Å². The first-order chi connectivity index (χ1) is 14.6. The molecular formula is C21H20FN5O2S. The molecule has 0 saturated carbocycles. The molecule has 3 aromatic rings. The number of halogens is 1. The van der Waals surface area contributed by atoms with E-state index in [1.807, 2.05) is 30.3 Å². The quantitative estimate of drug-likeness (QED) is 0.651. The van der Waals surface area contributed by atoms with Crippen LogP contribution < -0.4 is 10.6 Å². The highest BCUT2D eigenvalue weighted by Crippen LogP contribution is 2.29. The molecule has 1 aromatic heterocycles. The third kappa shape index (κ3) is 4.80. The Bertz CT molecular complexity index is 1040. The lowest BCUT2D eigenvalue weighted by Crippen LogP contribution is -2.41. The first kappa shape index (κ1) is 20.0. The van der Waals surface area contributed by atoms with Crippen LogP contribution in [0.4, 0.5) is 20.6 Å². The second-order valence-corrected chi connectivity index (χ2v) is 8.00. The fourth-order valence-corrected chi connectivity index (χ4v) is 4.19. The van der Waals surface area contributed by atoms with Gasteiger partial charge in [0.1, 0.15) is 10.8 Å². The number of anilines is 2. The fourth-order valence-electron chi connectivity index (χ4n) is 3.33. The molecule has 2 N–H and O–H groups in total. The van der Waals surface area contributed by atoms with E-state index in [2.05, 4.69) is 20.8 Å². The van der Waals surface area contributed by atoms with Crippen LogP contribution in [-0.2, 0) is 0 Å². The summed E-state index contributed by atoms with van der Waals surface area (Å²) in [5, 5.41) is 14.6. The van der Waals surface area contributed by atoms with Crippen LogP contribution in [0.1, 0.15) is 33.6 Å². The summed E-state index contributed by atoms with van der Waals surface area (Å²) >= 11 is 1.20. The van der Waals surface area contributed by atoms with E-state index in [1.165, 1.54) is 29.5 Å². The Morgan fingerprint density at radius 3 is 2.63 bits per heavy atom. The van der Waals surface area contributed by atoms with E-state index in [0.29, 0.717) is 18.8 Å². The second kappa shape index (κ2) is 9.00. The number of nitrogens with one attached hydrogen (secondary N) is 2. The van der Waals surface area contributed by atoms with E-state index in [4.69, 9.17) is 0 Å². The van der Waals surface area contributed by atoms with Crippen LogP contribution in [0.3, 0.4) is 0 Å². The van der Waals surface area contributed by atoms with E-state index >= 15 is 0 Å². The van der Waals surface area contributed by atoms with Gasteiger partial charge in [0.25, 0.3) is 5.91 Å². The minimum atomic E-state index is -0.432. The third-order valence-corrected chi connectivity index (χ3v) is 5.88. The van der Waals surface area contributed by atoms with Crippen molar-refractivity contribution in [1.82, 2.24) is 15.1 Å². The number of hydrogen-bond donors (Lipinski definition) is 2. The van der Waals surface area contributed by atoms with Gasteiger partial charge in [0.2, 0.25) is 5.01 Å². The maximum absolute atomic E-state index is 13.3. The number of amides is 3. The Balaban J connectivity index is 1.39. The number of carbonyl (C=O) groups is 2.